The molecule has 3 rings (SSSR count). The fourth-order valence-electron chi connectivity index (χ4n) is 2.69. The molecule has 1 unspecified atom stereocenters. The fourth-order valence-corrected chi connectivity index (χ4v) is 3.26. The van der Waals surface area contributed by atoms with Gasteiger partial charge in [0.25, 0.3) is 5.91 Å². The van der Waals surface area contributed by atoms with Gasteiger partial charge in [0.05, 0.1) is 17.8 Å². The van der Waals surface area contributed by atoms with Crippen molar-refractivity contribution in [2.75, 3.05) is 0 Å². The minimum absolute atomic E-state index is 0.0231. The molecule has 0 fully saturated rings. The number of carbonyl (C=O) groups is 3. The Morgan fingerprint density at radius 1 is 1.07 bits per heavy atom. The molecule has 8 heteroatoms. The zero-order valence-corrected chi connectivity index (χ0v) is 15.7. The minimum Gasteiger partial charge on any atom is -0.340 e. The highest BCUT2D eigenvalue weighted by Crippen LogP contribution is 2.22. The van der Waals surface area contributed by atoms with Crippen molar-refractivity contribution >= 4 is 29.2 Å². The van der Waals surface area contributed by atoms with Gasteiger partial charge < -0.3 is 5.32 Å². The van der Waals surface area contributed by atoms with Crippen molar-refractivity contribution in [2.24, 2.45) is 0 Å². The Bertz CT molecular complexity index is 1020. The Hall–Kier alpha value is -3.26. The summed E-state index contributed by atoms with van der Waals surface area (Å²) in [4.78, 5) is 36.7. The van der Waals surface area contributed by atoms with Crippen molar-refractivity contribution < 1.29 is 18.8 Å². The average molecular weight is 397 g/mol. The molecule has 2 aromatic carbocycles. The summed E-state index contributed by atoms with van der Waals surface area (Å²) in [5.74, 6) is -2.47. The highest BCUT2D eigenvalue weighted by molar-refractivity contribution is 6.99. The number of hydrogen-bond acceptors (Lipinski definition) is 6. The van der Waals surface area contributed by atoms with Crippen LogP contribution in [0.2, 0.25) is 0 Å². The molecule has 3 aromatic rings. The Labute approximate surface area is 164 Å². The largest absolute Gasteiger partial charge is 0.340 e. The molecule has 28 heavy (non-hydrogen) atoms. The van der Waals surface area contributed by atoms with Gasteiger partial charge in [0, 0.05) is 18.9 Å². The Morgan fingerprint density at radius 2 is 1.82 bits per heavy atom. The Kier molecular flexibility index (Phi) is 6.00. The van der Waals surface area contributed by atoms with E-state index in [0.717, 1.165) is 24.2 Å². The van der Waals surface area contributed by atoms with Crippen LogP contribution < -0.4 is 5.32 Å². The maximum atomic E-state index is 13.5. The highest BCUT2D eigenvalue weighted by Gasteiger charge is 2.27. The van der Waals surface area contributed by atoms with E-state index in [9.17, 15) is 18.8 Å². The summed E-state index contributed by atoms with van der Waals surface area (Å²) >= 11 is 0.806. The van der Waals surface area contributed by atoms with Gasteiger partial charge in [-0.15, -0.1) is 0 Å². The summed E-state index contributed by atoms with van der Waals surface area (Å²) in [6.45, 7) is 1.16. The van der Waals surface area contributed by atoms with Crippen LogP contribution in [0.4, 0.5) is 4.39 Å². The zero-order chi connectivity index (χ0) is 20.1. The van der Waals surface area contributed by atoms with Gasteiger partial charge in [-0.2, -0.15) is 8.75 Å². The molecule has 1 aromatic heterocycles. The van der Waals surface area contributed by atoms with E-state index < -0.39 is 29.3 Å². The topological polar surface area (TPSA) is 89.0 Å². The molecular weight excluding hydrogens is 381 g/mol. The number of nitrogens with one attached hydrogen (secondary N) is 1. The van der Waals surface area contributed by atoms with E-state index in [1.807, 2.05) is 6.07 Å². The number of ketones is 2. The summed E-state index contributed by atoms with van der Waals surface area (Å²) in [6.07, 6.45) is 0.165. The molecule has 1 atom stereocenters. The molecule has 0 spiro atoms. The van der Waals surface area contributed by atoms with E-state index in [4.69, 9.17) is 0 Å². The van der Waals surface area contributed by atoms with Crippen molar-refractivity contribution in [1.29, 1.82) is 0 Å². The molecule has 1 amide bonds. The second kappa shape index (κ2) is 8.62. The molecule has 1 heterocycles. The molecule has 0 radical (unpaired) electrons. The lowest BCUT2D eigenvalue weighted by Crippen LogP contribution is -2.45. The lowest BCUT2D eigenvalue weighted by atomic mass is 10.00. The number of amides is 1. The third-order valence-electron chi connectivity index (χ3n) is 4.05. The van der Waals surface area contributed by atoms with Crippen LogP contribution in [-0.2, 0) is 16.0 Å². The monoisotopic (exact) mass is 397 g/mol. The number of aromatic nitrogens is 2. The summed E-state index contributed by atoms with van der Waals surface area (Å²) in [7, 11) is 0. The van der Waals surface area contributed by atoms with Gasteiger partial charge in [-0.3, -0.25) is 14.4 Å². The first-order chi connectivity index (χ1) is 13.5. The molecule has 0 bridgehead atoms. The Morgan fingerprint density at radius 3 is 2.50 bits per heavy atom. The number of hydrogen-bond donors (Lipinski definition) is 1. The first-order valence-electron chi connectivity index (χ1n) is 8.43. The Balaban J connectivity index is 1.86. The number of rotatable bonds is 7. The predicted octanol–water partition coefficient (Wildman–Crippen LogP) is 2.84. The molecular formula is C20H16FN3O3S. The SMILES string of the molecule is CC(=O)C(=O)C(Cc1ccccc1)NC(=O)c1nsnc1-c1cccc(F)c1. The van der Waals surface area contributed by atoms with Crippen LogP contribution >= 0.6 is 11.7 Å². The van der Waals surface area contributed by atoms with Crippen molar-refractivity contribution in [3.63, 3.8) is 0 Å². The maximum absolute atomic E-state index is 13.5. The zero-order valence-electron chi connectivity index (χ0n) is 14.9. The van der Waals surface area contributed by atoms with E-state index in [1.54, 1.807) is 30.3 Å². The van der Waals surface area contributed by atoms with Crippen LogP contribution in [0.25, 0.3) is 11.3 Å². The summed E-state index contributed by atoms with van der Waals surface area (Å²) in [5.41, 5.74) is 1.39. The number of nitrogens with zero attached hydrogens (tertiary/aromatic N) is 2. The minimum atomic E-state index is -1.03. The predicted molar refractivity (Wildman–Crippen MR) is 102 cm³/mol. The van der Waals surface area contributed by atoms with Crippen LogP contribution in [-0.4, -0.2) is 32.3 Å². The molecule has 1 N–H and O–H groups in total. The maximum Gasteiger partial charge on any atom is 0.273 e. The van der Waals surface area contributed by atoms with Crippen molar-refractivity contribution in [3.05, 3.63) is 71.7 Å². The van der Waals surface area contributed by atoms with E-state index in [0.29, 0.717) is 5.56 Å². The van der Waals surface area contributed by atoms with Crippen LogP contribution in [0.15, 0.2) is 54.6 Å². The molecule has 0 aliphatic carbocycles. The summed E-state index contributed by atoms with van der Waals surface area (Å²) in [5, 5.41) is 2.57. The fraction of sp³-hybridized carbons (Fsp3) is 0.150. The van der Waals surface area contributed by atoms with E-state index in [-0.39, 0.29) is 17.8 Å². The normalized spacial score (nSPS) is 11.6. The number of benzene rings is 2. The van der Waals surface area contributed by atoms with Gasteiger partial charge in [-0.1, -0.05) is 42.5 Å². The number of Topliss-reactive ketones (excluding diaryl/α,β-unsaturated/α-hetero) is 2. The van der Waals surface area contributed by atoms with Gasteiger partial charge in [0.2, 0.25) is 5.78 Å². The van der Waals surface area contributed by atoms with Crippen molar-refractivity contribution in [3.8, 4) is 11.3 Å². The number of halogens is 1. The molecule has 142 valence electrons. The summed E-state index contributed by atoms with van der Waals surface area (Å²) < 4.78 is 21.6. The molecule has 0 saturated heterocycles. The molecule has 6 nitrogen and oxygen atoms in total. The molecule has 0 aliphatic heterocycles. The van der Waals surface area contributed by atoms with E-state index >= 15 is 0 Å². The van der Waals surface area contributed by atoms with Gasteiger partial charge in [0.1, 0.15) is 11.5 Å². The van der Waals surface area contributed by atoms with Crippen LogP contribution in [0.3, 0.4) is 0 Å². The number of carbonyl (C=O) groups excluding carboxylic acids is 3. The quantitative estimate of drug-likeness (QED) is 0.620. The second-order valence-electron chi connectivity index (χ2n) is 6.11. The standard InChI is InChI=1S/C20H16FN3O3S/c1-12(25)19(26)16(10-13-6-3-2-4-7-13)22-20(27)18-17(23-28-24-18)14-8-5-9-15(21)11-14/h2-9,11,16H,10H2,1H3,(H,22,27). The van der Waals surface area contributed by atoms with Crippen LogP contribution in [0.5, 0.6) is 0 Å². The van der Waals surface area contributed by atoms with Crippen LogP contribution in [0, 0.1) is 5.82 Å². The second-order valence-corrected chi connectivity index (χ2v) is 6.64. The molecule has 0 saturated carbocycles. The highest BCUT2D eigenvalue weighted by atomic mass is 32.1. The van der Waals surface area contributed by atoms with Gasteiger partial charge in [-0.05, 0) is 17.7 Å². The third kappa shape index (κ3) is 4.52. The van der Waals surface area contributed by atoms with Gasteiger partial charge in [-0.25, -0.2) is 4.39 Å². The smallest absolute Gasteiger partial charge is 0.273 e. The lowest BCUT2D eigenvalue weighted by molar-refractivity contribution is -0.136. The van der Waals surface area contributed by atoms with E-state index in [2.05, 4.69) is 14.1 Å². The first-order valence-corrected chi connectivity index (χ1v) is 9.17. The van der Waals surface area contributed by atoms with Crippen LogP contribution in [0.1, 0.15) is 23.0 Å². The first kappa shape index (κ1) is 19.5. The van der Waals surface area contributed by atoms with E-state index in [1.165, 1.54) is 18.2 Å². The van der Waals surface area contributed by atoms with Gasteiger partial charge in [0.15, 0.2) is 11.5 Å². The van der Waals surface area contributed by atoms with Gasteiger partial charge >= 0.3 is 0 Å². The van der Waals surface area contributed by atoms with Crippen molar-refractivity contribution in [2.45, 2.75) is 19.4 Å². The third-order valence-corrected chi connectivity index (χ3v) is 4.58. The molecule has 0 aliphatic rings. The lowest BCUT2D eigenvalue weighted by Gasteiger charge is -2.16. The average Bonchev–Trinajstić information content (AvgIpc) is 3.17. The van der Waals surface area contributed by atoms with Crippen molar-refractivity contribution in [1.82, 2.24) is 14.1 Å². The summed E-state index contributed by atoms with van der Waals surface area (Å²) in [6, 6.07) is 13.6.